The van der Waals surface area contributed by atoms with Crippen LogP contribution in [0.3, 0.4) is 0 Å². The monoisotopic (exact) mass is 574 g/mol. The normalized spacial score (nSPS) is 14.7. The van der Waals surface area contributed by atoms with Crippen LogP contribution in [0.5, 0.6) is 0 Å². The molecule has 0 fully saturated rings. The lowest BCUT2D eigenvalue weighted by molar-refractivity contribution is -0.143. The number of aromatic amines is 1. The largest absolute Gasteiger partial charge is 0.481 e. The molecule has 0 saturated heterocycles. The molecule has 0 aliphatic carbocycles. The molecule has 10 N–H and O–H groups in total. The first-order chi connectivity index (χ1) is 19.3. The summed E-state index contributed by atoms with van der Waals surface area (Å²) in [7, 11) is 0. The van der Waals surface area contributed by atoms with Crippen molar-refractivity contribution in [2.75, 3.05) is 0 Å². The van der Waals surface area contributed by atoms with Crippen LogP contribution in [-0.4, -0.2) is 74.9 Å². The number of fused-ring (bicyclic) bond motifs is 1. The van der Waals surface area contributed by atoms with E-state index in [0.29, 0.717) is 12.0 Å². The van der Waals surface area contributed by atoms with E-state index in [0.717, 1.165) is 10.9 Å². The third-order valence-corrected chi connectivity index (χ3v) is 6.83. The van der Waals surface area contributed by atoms with Crippen LogP contribution < -0.4 is 27.4 Å². The molecule has 41 heavy (non-hydrogen) atoms. The maximum atomic E-state index is 13.6. The summed E-state index contributed by atoms with van der Waals surface area (Å²) in [6.07, 6.45) is 1.16. The van der Waals surface area contributed by atoms with Crippen LogP contribution in [-0.2, 0) is 35.2 Å². The SMILES string of the molecule is CCC(C)C(NC(=O)C(Cc1c[nH]c2ccccc12)NC(=O)C(N)CCC(=O)O)C(=O)NC(CCC(N)=O)C(=O)O. The lowest BCUT2D eigenvalue weighted by atomic mass is 9.96. The number of primary amides is 1. The molecule has 224 valence electrons. The lowest BCUT2D eigenvalue weighted by Crippen LogP contribution is -2.59. The van der Waals surface area contributed by atoms with Crippen LogP contribution in [0, 0.1) is 5.92 Å². The second-order valence-corrected chi connectivity index (χ2v) is 9.94. The minimum atomic E-state index is -1.41. The van der Waals surface area contributed by atoms with Gasteiger partial charge < -0.3 is 42.6 Å². The predicted molar refractivity (Wildman–Crippen MR) is 148 cm³/mol. The zero-order valence-corrected chi connectivity index (χ0v) is 23.0. The summed E-state index contributed by atoms with van der Waals surface area (Å²) in [5.74, 6) is -5.90. The van der Waals surface area contributed by atoms with Crippen molar-refractivity contribution in [2.45, 2.75) is 76.5 Å². The number of aliphatic carboxylic acids is 2. The number of nitrogens with one attached hydrogen (secondary N) is 4. The number of para-hydroxylation sites is 1. The summed E-state index contributed by atoms with van der Waals surface area (Å²) in [5, 5.41) is 26.8. The van der Waals surface area contributed by atoms with E-state index in [1.54, 1.807) is 20.0 Å². The molecule has 0 spiro atoms. The molecule has 14 nitrogen and oxygen atoms in total. The Morgan fingerprint density at radius 3 is 2.17 bits per heavy atom. The molecule has 2 rings (SSSR count). The molecule has 0 bridgehead atoms. The van der Waals surface area contributed by atoms with Crippen molar-refractivity contribution in [1.82, 2.24) is 20.9 Å². The van der Waals surface area contributed by atoms with Gasteiger partial charge in [0.05, 0.1) is 6.04 Å². The van der Waals surface area contributed by atoms with Crippen molar-refractivity contribution in [3.63, 3.8) is 0 Å². The van der Waals surface area contributed by atoms with Crippen LogP contribution >= 0.6 is 0 Å². The highest BCUT2D eigenvalue weighted by Crippen LogP contribution is 2.20. The fraction of sp³-hybridized carbons (Fsp3) is 0.481. The number of H-pyrrole nitrogens is 1. The number of amides is 4. The van der Waals surface area contributed by atoms with E-state index in [4.69, 9.17) is 16.6 Å². The van der Waals surface area contributed by atoms with Gasteiger partial charge in [0.15, 0.2) is 0 Å². The molecule has 1 aromatic heterocycles. The average molecular weight is 575 g/mol. The van der Waals surface area contributed by atoms with Crippen LogP contribution in [0.2, 0.25) is 0 Å². The standard InChI is InChI=1S/C27H38N6O8/c1-3-14(2)23(26(39)31-19(27(40)41)9-10-21(29)34)33-25(38)20(32-24(37)17(28)8-11-22(35)36)12-15-13-30-18-7-5-4-6-16(15)18/h4-7,13-14,17,19-20,23,30H,3,8-12,28H2,1-2H3,(H2,29,34)(H,31,39)(H,32,37)(H,33,38)(H,35,36)(H,40,41). The first kappa shape index (κ1) is 32.8. The van der Waals surface area contributed by atoms with E-state index >= 15 is 0 Å². The van der Waals surface area contributed by atoms with E-state index in [2.05, 4.69) is 20.9 Å². The summed E-state index contributed by atoms with van der Waals surface area (Å²) in [6, 6.07) is 2.34. The first-order valence-corrected chi connectivity index (χ1v) is 13.3. The molecule has 4 amide bonds. The van der Waals surface area contributed by atoms with Gasteiger partial charge in [-0.2, -0.15) is 0 Å². The number of carboxylic acids is 2. The number of hydrogen-bond donors (Lipinski definition) is 8. The van der Waals surface area contributed by atoms with Gasteiger partial charge in [0, 0.05) is 36.4 Å². The molecule has 1 heterocycles. The van der Waals surface area contributed by atoms with Gasteiger partial charge in [-0.05, 0) is 30.4 Å². The van der Waals surface area contributed by atoms with Crippen molar-refractivity contribution in [3.05, 3.63) is 36.0 Å². The number of benzene rings is 1. The number of nitrogens with two attached hydrogens (primary N) is 2. The lowest BCUT2D eigenvalue weighted by Gasteiger charge is -2.28. The predicted octanol–water partition coefficient (Wildman–Crippen LogP) is -0.247. The van der Waals surface area contributed by atoms with Gasteiger partial charge in [-0.1, -0.05) is 38.5 Å². The Labute approximate surface area is 236 Å². The molecule has 2 aromatic rings. The first-order valence-electron chi connectivity index (χ1n) is 13.3. The van der Waals surface area contributed by atoms with Crippen LogP contribution in [0.25, 0.3) is 10.9 Å². The maximum absolute atomic E-state index is 13.6. The van der Waals surface area contributed by atoms with Gasteiger partial charge in [-0.25, -0.2) is 4.79 Å². The minimum Gasteiger partial charge on any atom is -0.481 e. The molecule has 5 unspecified atom stereocenters. The number of carbonyl (C=O) groups is 6. The fourth-order valence-electron chi connectivity index (χ4n) is 4.18. The number of hydrogen-bond acceptors (Lipinski definition) is 7. The van der Waals surface area contributed by atoms with Crippen LogP contribution in [0.15, 0.2) is 30.5 Å². The highest BCUT2D eigenvalue weighted by atomic mass is 16.4. The molecular weight excluding hydrogens is 536 g/mol. The third-order valence-electron chi connectivity index (χ3n) is 6.83. The summed E-state index contributed by atoms with van der Waals surface area (Å²) >= 11 is 0. The zero-order chi connectivity index (χ0) is 30.7. The van der Waals surface area contributed by atoms with Crippen LogP contribution in [0.4, 0.5) is 0 Å². The van der Waals surface area contributed by atoms with Crippen molar-refractivity contribution < 1.29 is 39.0 Å². The van der Waals surface area contributed by atoms with E-state index < -0.39 is 65.7 Å². The van der Waals surface area contributed by atoms with E-state index in [1.807, 2.05) is 24.3 Å². The number of rotatable bonds is 17. The van der Waals surface area contributed by atoms with Crippen LogP contribution in [0.1, 0.15) is 51.5 Å². The van der Waals surface area contributed by atoms with E-state index in [9.17, 15) is 33.9 Å². The van der Waals surface area contributed by atoms with Crippen molar-refractivity contribution in [1.29, 1.82) is 0 Å². The number of carboxylic acid groups (broad SMARTS) is 2. The summed E-state index contributed by atoms with van der Waals surface area (Å²) in [4.78, 5) is 76.3. The molecule has 5 atom stereocenters. The van der Waals surface area contributed by atoms with Gasteiger partial charge in [0.25, 0.3) is 0 Å². The van der Waals surface area contributed by atoms with Crippen molar-refractivity contribution in [2.24, 2.45) is 17.4 Å². The smallest absolute Gasteiger partial charge is 0.326 e. The van der Waals surface area contributed by atoms with E-state index in [1.165, 1.54) is 0 Å². The van der Waals surface area contributed by atoms with Gasteiger partial charge in [-0.15, -0.1) is 0 Å². The summed E-state index contributed by atoms with van der Waals surface area (Å²) in [5.41, 5.74) is 12.5. The van der Waals surface area contributed by atoms with Crippen molar-refractivity contribution in [3.8, 4) is 0 Å². The van der Waals surface area contributed by atoms with Gasteiger partial charge >= 0.3 is 11.9 Å². The Morgan fingerprint density at radius 2 is 1.56 bits per heavy atom. The fourth-order valence-corrected chi connectivity index (χ4v) is 4.18. The van der Waals surface area contributed by atoms with Gasteiger partial charge in [-0.3, -0.25) is 24.0 Å². The highest BCUT2D eigenvalue weighted by molar-refractivity contribution is 5.95. The average Bonchev–Trinajstić information content (AvgIpc) is 3.33. The minimum absolute atomic E-state index is 0.0123. The summed E-state index contributed by atoms with van der Waals surface area (Å²) in [6.45, 7) is 3.48. The van der Waals surface area contributed by atoms with Gasteiger partial charge in [0.2, 0.25) is 23.6 Å². The topological polar surface area (TPSA) is 247 Å². The Kier molecular flexibility index (Phi) is 12.3. The summed E-state index contributed by atoms with van der Waals surface area (Å²) < 4.78 is 0. The zero-order valence-electron chi connectivity index (χ0n) is 23.0. The van der Waals surface area contributed by atoms with Crippen molar-refractivity contribution >= 4 is 46.5 Å². The number of carbonyl (C=O) groups excluding carboxylic acids is 4. The molecule has 14 heteroatoms. The Hall–Kier alpha value is -4.46. The number of aromatic nitrogens is 1. The molecule has 1 aromatic carbocycles. The van der Waals surface area contributed by atoms with Gasteiger partial charge in [0.1, 0.15) is 18.1 Å². The molecule has 0 aliphatic rings. The Balaban J connectivity index is 2.30. The second-order valence-electron chi connectivity index (χ2n) is 9.94. The maximum Gasteiger partial charge on any atom is 0.326 e. The van der Waals surface area contributed by atoms with E-state index in [-0.39, 0.29) is 32.1 Å². The Bertz CT molecular complexity index is 1260. The second kappa shape index (κ2) is 15.4. The third kappa shape index (κ3) is 9.90. The molecular formula is C27H38N6O8. The molecule has 0 saturated carbocycles. The molecule has 0 radical (unpaired) electrons. The highest BCUT2D eigenvalue weighted by Gasteiger charge is 2.33. The Morgan fingerprint density at radius 1 is 0.902 bits per heavy atom. The quantitative estimate of drug-likeness (QED) is 0.124. The molecule has 0 aliphatic heterocycles.